The van der Waals surface area contributed by atoms with Crippen molar-refractivity contribution < 1.29 is 9.53 Å². The van der Waals surface area contributed by atoms with E-state index >= 15 is 0 Å². The molecule has 4 heteroatoms. The Labute approximate surface area is 110 Å². The Morgan fingerprint density at radius 3 is 2.56 bits per heavy atom. The van der Waals surface area contributed by atoms with Crippen LogP contribution in [-0.2, 0) is 9.53 Å². The zero-order valence-electron chi connectivity index (χ0n) is 11.2. The van der Waals surface area contributed by atoms with E-state index in [0.29, 0.717) is 18.5 Å². The number of amides is 1. The van der Waals surface area contributed by atoms with E-state index in [1.807, 2.05) is 0 Å². The van der Waals surface area contributed by atoms with Crippen LogP contribution in [0.4, 0.5) is 0 Å². The Morgan fingerprint density at radius 2 is 1.89 bits per heavy atom. The fourth-order valence-corrected chi connectivity index (χ4v) is 2.84. The van der Waals surface area contributed by atoms with Crippen molar-refractivity contribution in [2.24, 2.45) is 5.92 Å². The average molecular weight is 254 g/mol. The minimum absolute atomic E-state index is 0.154. The molecule has 1 saturated heterocycles. The van der Waals surface area contributed by atoms with Gasteiger partial charge in [-0.25, -0.2) is 0 Å². The highest BCUT2D eigenvalue weighted by atomic mass is 16.5. The highest BCUT2D eigenvalue weighted by molar-refractivity contribution is 5.78. The summed E-state index contributed by atoms with van der Waals surface area (Å²) in [6, 6.07) is 0.414. The van der Waals surface area contributed by atoms with Gasteiger partial charge in [0, 0.05) is 19.2 Å². The number of ether oxygens (including phenoxy) is 1. The molecule has 0 spiro atoms. The van der Waals surface area contributed by atoms with Gasteiger partial charge in [0.15, 0.2) is 0 Å². The maximum atomic E-state index is 11.8. The van der Waals surface area contributed by atoms with Crippen molar-refractivity contribution in [1.29, 1.82) is 0 Å². The van der Waals surface area contributed by atoms with Crippen LogP contribution in [0.3, 0.4) is 0 Å². The van der Waals surface area contributed by atoms with Crippen molar-refractivity contribution in [2.45, 2.75) is 51.0 Å². The summed E-state index contributed by atoms with van der Waals surface area (Å²) in [6.07, 6.45) is 8.61. The molecule has 0 aromatic rings. The Bertz CT molecular complexity index is 244. The van der Waals surface area contributed by atoms with Crippen molar-refractivity contribution in [2.75, 3.05) is 26.3 Å². The normalized spacial score (nSPS) is 25.9. The second-order valence-electron chi connectivity index (χ2n) is 5.62. The van der Waals surface area contributed by atoms with E-state index in [2.05, 4.69) is 10.6 Å². The predicted molar refractivity (Wildman–Crippen MR) is 71.4 cm³/mol. The number of carbonyl (C=O) groups is 1. The van der Waals surface area contributed by atoms with Gasteiger partial charge >= 0.3 is 0 Å². The number of hydrogen-bond acceptors (Lipinski definition) is 3. The molecule has 18 heavy (non-hydrogen) atoms. The molecule has 1 amide bonds. The molecule has 1 unspecified atom stereocenters. The summed E-state index contributed by atoms with van der Waals surface area (Å²) < 4.78 is 5.31. The maximum Gasteiger partial charge on any atom is 0.234 e. The van der Waals surface area contributed by atoms with E-state index in [4.69, 9.17) is 4.74 Å². The second kappa shape index (κ2) is 7.74. The SMILES string of the molecule is O=C(CNCC1CCOC1)NC1CCCCCC1. The molecule has 2 rings (SSSR count). The molecule has 0 bridgehead atoms. The standard InChI is InChI=1S/C14H26N2O2/c17-14(10-15-9-12-7-8-18-11-12)16-13-5-3-1-2-4-6-13/h12-13,15H,1-11H2,(H,16,17). The lowest BCUT2D eigenvalue weighted by molar-refractivity contribution is -0.121. The van der Waals surface area contributed by atoms with Crippen molar-refractivity contribution in [3.63, 3.8) is 0 Å². The van der Waals surface area contributed by atoms with E-state index < -0.39 is 0 Å². The first-order valence-electron chi connectivity index (χ1n) is 7.42. The van der Waals surface area contributed by atoms with Crippen LogP contribution in [0.1, 0.15) is 44.9 Å². The van der Waals surface area contributed by atoms with Gasteiger partial charge in [-0.1, -0.05) is 25.7 Å². The molecule has 1 heterocycles. The second-order valence-corrected chi connectivity index (χ2v) is 5.62. The summed E-state index contributed by atoms with van der Waals surface area (Å²) in [4.78, 5) is 11.8. The zero-order valence-corrected chi connectivity index (χ0v) is 11.2. The van der Waals surface area contributed by atoms with Crippen LogP contribution in [0, 0.1) is 5.92 Å². The Hall–Kier alpha value is -0.610. The highest BCUT2D eigenvalue weighted by Crippen LogP contribution is 2.17. The molecule has 0 aromatic carbocycles. The Morgan fingerprint density at radius 1 is 1.11 bits per heavy atom. The van der Waals surface area contributed by atoms with Gasteiger partial charge in [0.25, 0.3) is 0 Å². The van der Waals surface area contributed by atoms with Gasteiger partial charge < -0.3 is 15.4 Å². The molecule has 4 nitrogen and oxygen atoms in total. The third-order valence-corrected chi connectivity index (χ3v) is 3.96. The van der Waals surface area contributed by atoms with Crippen LogP contribution < -0.4 is 10.6 Å². The van der Waals surface area contributed by atoms with E-state index in [0.717, 1.165) is 39.0 Å². The molecule has 1 atom stereocenters. The molecule has 0 aromatic heterocycles. The number of carbonyl (C=O) groups excluding carboxylic acids is 1. The summed E-state index contributed by atoms with van der Waals surface area (Å²) in [6.45, 7) is 3.07. The van der Waals surface area contributed by atoms with Crippen molar-refractivity contribution >= 4 is 5.91 Å². The third-order valence-electron chi connectivity index (χ3n) is 3.96. The predicted octanol–water partition coefficient (Wildman–Crippen LogP) is 1.45. The first-order valence-corrected chi connectivity index (χ1v) is 7.42. The molecule has 2 N–H and O–H groups in total. The lowest BCUT2D eigenvalue weighted by atomic mass is 10.1. The van der Waals surface area contributed by atoms with E-state index in [1.54, 1.807) is 0 Å². The molecule has 104 valence electrons. The highest BCUT2D eigenvalue weighted by Gasteiger charge is 2.17. The zero-order chi connectivity index (χ0) is 12.6. The molecule has 1 aliphatic carbocycles. The van der Waals surface area contributed by atoms with Gasteiger partial charge in [-0.15, -0.1) is 0 Å². The van der Waals surface area contributed by atoms with Gasteiger partial charge in [0.2, 0.25) is 5.91 Å². The number of nitrogens with one attached hydrogen (secondary N) is 2. The van der Waals surface area contributed by atoms with Gasteiger partial charge in [-0.2, -0.15) is 0 Å². The van der Waals surface area contributed by atoms with E-state index in [1.165, 1.54) is 25.7 Å². The van der Waals surface area contributed by atoms with E-state index in [9.17, 15) is 4.79 Å². The summed E-state index contributed by atoms with van der Waals surface area (Å²) in [5, 5.41) is 6.39. The fraction of sp³-hybridized carbons (Fsp3) is 0.929. The van der Waals surface area contributed by atoms with Crippen LogP contribution >= 0.6 is 0 Å². The van der Waals surface area contributed by atoms with Crippen LogP contribution in [0.15, 0.2) is 0 Å². The molecule has 2 aliphatic rings. The average Bonchev–Trinajstić information content (AvgIpc) is 2.74. The molecule has 1 aliphatic heterocycles. The van der Waals surface area contributed by atoms with E-state index in [-0.39, 0.29) is 5.91 Å². The first kappa shape index (κ1) is 13.8. The minimum atomic E-state index is 0.154. The number of rotatable bonds is 5. The summed E-state index contributed by atoms with van der Waals surface area (Å²) in [7, 11) is 0. The maximum absolute atomic E-state index is 11.8. The topological polar surface area (TPSA) is 50.4 Å². The Balaban J connectivity index is 1.56. The largest absolute Gasteiger partial charge is 0.381 e. The molecular formula is C14H26N2O2. The van der Waals surface area contributed by atoms with Crippen molar-refractivity contribution in [1.82, 2.24) is 10.6 Å². The smallest absolute Gasteiger partial charge is 0.234 e. The summed E-state index contributed by atoms with van der Waals surface area (Å²) >= 11 is 0. The minimum Gasteiger partial charge on any atom is -0.381 e. The number of hydrogen-bond donors (Lipinski definition) is 2. The molecule has 1 saturated carbocycles. The quantitative estimate of drug-likeness (QED) is 0.730. The van der Waals surface area contributed by atoms with Crippen LogP contribution in [0.5, 0.6) is 0 Å². The lowest BCUT2D eigenvalue weighted by Gasteiger charge is -2.17. The summed E-state index contributed by atoms with van der Waals surface area (Å²) in [5.41, 5.74) is 0. The van der Waals surface area contributed by atoms with Gasteiger partial charge in [0.1, 0.15) is 0 Å². The van der Waals surface area contributed by atoms with Gasteiger partial charge in [-0.3, -0.25) is 4.79 Å². The van der Waals surface area contributed by atoms with Crippen LogP contribution in [0.25, 0.3) is 0 Å². The lowest BCUT2D eigenvalue weighted by Crippen LogP contribution is -2.41. The molecular weight excluding hydrogens is 228 g/mol. The van der Waals surface area contributed by atoms with Gasteiger partial charge in [0.05, 0.1) is 13.2 Å². The third kappa shape index (κ3) is 4.94. The molecule has 0 radical (unpaired) electrons. The first-order chi connectivity index (χ1) is 8.84. The summed E-state index contributed by atoms with van der Waals surface area (Å²) in [5.74, 6) is 0.747. The van der Waals surface area contributed by atoms with Gasteiger partial charge in [-0.05, 0) is 25.2 Å². The van der Waals surface area contributed by atoms with Crippen molar-refractivity contribution in [3.8, 4) is 0 Å². The Kier molecular flexibility index (Phi) is 5.94. The van der Waals surface area contributed by atoms with Crippen molar-refractivity contribution in [3.05, 3.63) is 0 Å². The van der Waals surface area contributed by atoms with Crippen LogP contribution in [-0.4, -0.2) is 38.3 Å². The van der Waals surface area contributed by atoms with Crippen LogP contribution in [0.2, 0.25) is 0 Å². The molecule has 2 fully saturated rings. The monoisotopic (exact) mass is 254 g/mol. The fourth-order valence-electron chi connectivity index (χ4n) is 2.84.